The Morgan fingerprint density at radius 2 is 1.78 bits per heavy atom. The largest absolute Gasteiger partial charge is 0.338 e. The highest BCUT2D eigenvalue weighted by Crippen LogP contribution is 2.27. The zero-order valence-electron chi connectivity index (χ0n) is 12.7. The van der Waals surface area contributed by atoms with Gasteiger partial charge in [-0.3, -0.25) is 4.79 Å². The Labute approximate surface area is 112 Å². The first-order valence-corrected chi connectivity index (χ1v) is 7.29. The third-order valence-corrected chi connectivity index (χ3v) is 3.81. The first kappa shape index (κ1) is 15.5. The van der Waals surface area contributed by atoms with E-state index < -0.39 is 6.04 Å². The molecule has 2 N–H and O–H groups in total. The summed E-state index contributed by atoms with van der Waals surface area (Å²) in [7, 11) is 0. The second-order valence-corrected chi connectivity index (χ2v) is 7.17. The lowest BCUT2D eigenvalue weighted by molar-refractivity contribution is -0.137. The third-order valence-electron chi connectivity index (χ3n) is 3.81. The molecule has 0 saturated heterocycles. The molecule has 0 aliphatic heterocycles. The molecule has 3 heteroatoms. The van der Waals surface area contributed by atoms with Gasteiger partial charge in [-0.05, 0) is 24.2 Å². The normalized spacial score (nSPS) is 19.3. The maximum atomic E-state index is 12.6. The summed E-state index contributed by atoms with van der Waals surface area (Å²) < 4.78 is 0. The molecule has 0 aromatic carbocycles. The molecule has 106 valence electrons. The van der Waals surface area contributed by atoms with Crippen LogP contribution in [0.4, 0.5) is 0 Å². The minimum Gasteiger partial charge on any atom is -0.338 e. The average molecular weight is 254 g/mol. The van der Waals surface area contributed by atoms with E-state index in [1.165, 1.54) is 12.8 Å². The monoisotopic (exact) mass is 254 g/mol. The maximum absolute atomic E-state index is 12.6. The Morgan fingerprint density at radius 1 is 1.28 bits per heavy atom. The Hall–Kier alpha value is -0.570. The van der Waals surface area contributed by atoms with E-state index in [0.29, 0.717) is 12.0 Å². The summed E-state index contributed by atoms with van der Waals surface area (Å²) >= 11 is 0. The van der Waals surface area contributed by atoms with Crippen LogP contribution in [0.2, 0.25) is 0 Å². The molecule has 0 aromatic heterocycles. The highest BCUT2D eigenvalue weighted by Gasteiger charge is 2.35. The second kappa shape index (κ2) is 6.05. The van der Waals surface area contributed by atoms with Crippen molar-refractivity contribution in [3.8, 4) is 0 Å². The van der Waals surface area contributed by atoms with Crippen LogP contribution in [-0.4, -0.2) is 29.4 Å². The molecule has 18 heavy (non-hydrogen) atoms. The topological polar surface area (TPSA) is 46.3 Å². The molecular weight excluding hydrogens is 224 g/mol. The van der Waals surface area contributed by atoms with Crippen molar-refractivity contribution in [1.82, 2.24) is 4.90 Å². The van der Waals surface area contributed by atoms with Crippen molar-refractivity contribution in [3.05, 3.63) is 0 Å². The van der Waals surface area contributed by atoms with E-state index in [2.05, 4.69) is 18.7 Å². The summed E-state index contributed by atoms with van der Waals surface area (Å²) in [6.45, 7) is 11.3. The van der Waals surface area contributed by atoms with E-state index in [4.69, 9.17) is 5.73 Å². The summed E-state index contributed by atoms with van der Waals surface area (Å²) in [4.78, 5) is 14.7. The quantitative estimate of drug-likeness (QED) is 0.838. The Morgan fingerprint density at radius 3 is 2.17 bits per heavy atom. The van der Waals surface area contributed by atoms with Crippen LogP contribution >= 0.6 is 0 Å². The molecule has 1 aliphatic carbocycles. The van der Waals surface area contributed by atoms with Gasteiger partial charge in [-0.25, -0.2) is 0 Å². The van der Waals surface area contributed by atoms with Crippen molar-refractivity contribution >= 4 is 5.91 Å². The molecule has 0 bridgehead atoms. The zero-order chi connectivity index (χ0) is 13.9. The van der Waals surface area contributed by atoms with E-state index in [-0.39, 0.29) is 11.3 Å². The highest BCUT2D eigenvalue weighted by atomic mass is 16.2. The Bertz CT molecular complexity index is 275. The van der Waals surface area contributed by atoms with Crippen molar-refractivity contribution in [2.75, 3.05) is 6.54 Å². The molecule has 1 aliphatic rings. The van der Waals surface area contributed by atoms with E-state index in [0.717, 1.165) is 19.4 Å². The lowest BCUT2D eigenvalue weighted by atomic mass is 9.86. The van der Waals surface area contributed by atoms with Gasteiger partial charge in [-0.2, -0.15) is 0 Å². The molecule has 3 nitrogen and oxygen atoms in total. The van der Waals surface area contributed by atoms with Crippen molar-refractivity contribution in [1.29, 1.82) is 0 Å². The molecule has 0 heterocycles. The van der Waals surface area contributed by atoms with Gasteiger partial charge in [0.15, 0.2) is 0 Å². The minimum absolute atomic E-state index is 0.142. The third kappa shape index (κ3) is 3.98. The van der Waals surface area contributed by atoms with Gasteiger partial charge in [0, 0.05) is 12.6 Å². The lowest BCUT2D eigenvalue weighted by Crippen LogP contribution is -2.53. The van der Waals surface area contributed by atoms with Crippen LogP contribution in [-0.2, 0) is 4.79 Å². The van der Waals surface area contributed by atoms with Gasteiger partial charge < -0.3 is 10.6 Å². The molecule has 1 unspecified atom stereocenters. The number of rotatable bonds is 4. The lowest BCUT2D eigenvalue weighted by Gasteiger charge is -2.36. The average Bonchev–Trinajstić information content (AvgIpc) is 2.75. The number of carbonyl (C=O) groups excluding carboxylic acids is 1. The van der Waals surface area contributed by atoms with E-state index in [1.807, 2.05) is 20.8 Å². The Balaban J connectivity index is 2.78. The van der Waals surface area contributed by atoms with Crippen molar-refractivity contribution in [2.24, 2.45) is 17.1 Å². The fourth-order valence-electron chi connectivity index (χ4n) is 2.58. The van der Waals surface area contributed by atoms with Gasteiger partial charge in [-0.15, -0.1) is 0 Å². The number of nitrogens with two attached hydrogens (primary N) is 1. The summed E-state index contributed by atoms with van der Waals surface area (Å²) in [5.74, 6) is 0.643. The van der Waals surface area contributed by atoms with Crippen LogP contribution in [0.15, 0.2) is 0 Å². The van der Waals surface area contributed by atoms with Gasteiger partial charge in [0.1, 0.15) is 0 Å². The summed E-state index contributed by atoms with van der Waals surface area (Å²) in [5, 5.41) is 0. The maximum Gasteiger partial charge on any atom is 0.240 e. The van der Waals surface area contributed by atoms with Crippen LogP contribution in [0.25, 0.3) is 0 Å². The molecule has 1 saturated carbocycles. The first-order chi connectivity index (χ1) is 8.23. The Kier molecular flexibility index (Phi) is 5.20. The van der Waals surface area contributed by atoms with Crippen LogP contribution < -0.4 is 5.73 Å². The van der Waals surface area contributed by atoms with Crippen molar-refractivity contribution in [2.45, 2.75) is 72.4 Å². The van der Waals surface area contributed by atoms with Gasteiger partial charge in [0.25, 0.3) is 0 Å². The van der Waals surface area contributed by atoms with Crippen LogP contribution in [0.5, 0.6) is 0 Å². The van der Waals surface area contributed by atoms with Crippen LogP contribution in [0.3, 0.4) is 0 Å². The van der Waals surface area contributed by atoms with Crippen molar-refractivity contribution in [3.63, 3.8) is 0 Å². The fourth-order valence-corrected chi connectivity index (χ4v) is 2.58. The molecular formula is C15H30N2O. The molecule has 1 rings (SSSR count). The van der Waals surface area contributed by atoms with Gasteiger partial charge in [0.2, 0.25) is 5.91 Å². The first-order valence-electron chi connectivity index (χ1n) is 7.29. The standard InChI is InChI=1S/C15H30N2O/c1-11(2)10-17(12-8-6-7-9-12)14(18)13(16)15(3,4)5/h11-13H,6-10,16H2,1-5H3. The van der Waals surface area contributed by atoms with Gasteiger partial charge >= 0.3 is 0 Å². The van der Waals surface area contributed by atoms with Crippen molar-refractivity contribution < 1.29 is 4.79 Å². The van der Waals surface area contributed by atoms with Gasteiger partial charge in [0.05, 0.1) is 6.04 Å². The molecule has 0 spiro atoms. The number of amides is 1. The highest BCUT2D eigenvalue weighted by molar-refractivity contribution is 5.82. The summed E-state index contributed by atoms with van der Waals surface area (Å²) in [5.41, 5.74) is 5.99. The fraction of sp³-hybridized carbons (Fsp3) is 0.933. The molecule has 1 fully saturated rings. The number of hydrogen-bond acceptors (Lipinski definition) is 2. The number of hydrogen-bond donors (Lipinski definition) is 1. The van der Waals surface area contributed by atoms with Crippen LogP contribution in [0, 0.1) is 11.3 Å². The smallest absolute Gasteiger partial charge is 0.240 e. The predicted molar refractivity (Wildman–Crippen MR) is 76.2 cm³/mol. The zero-order valence-corrected chi connectivity index (χ0v) is 12.7. The SMILES string of the molecule is CC(C)CN(C(=O)C(N)C(C)(C)C)C1CCCC1. The van der Waals surface area contributed by atoms with E-state index in [1.54, 1.807) is 0 Å². The number of nitrogens with zero attached hydrogens (tertiary/aromatic N) is 1. The van der Waals surface area contributed by atoms with E-state index in [9.17, 15) is 4.79 Å². The minimum atomic E-state index is -0.392. The van der Waals surface area contributed by atoms with Crippen LogP contribution in [0.1, 0.15) is 60.3 Å². The molecule has 1 amide bonds. The molecule has 1 atom stereocenters. The summed E-state index contributed by atoms with van der Waals surface area (Å²) in [6.07, 6.45) is 4.79. The van der Waals surface area contributed by atoms with Gasteiger partial charge in [-0.1, -0.05) is 47.5 Å². The summed E-state index contributed by atoms with van der Waals surface area (Å²) in [6, 6.07) is 0.0325. The molecule has 0 radical (unpaired) electrons. The molecule has 0 aromatic rings. The van der Waals surface area contributed by atoms with E-state index >= 15 is 0 Å². The number of carbonyl (C=O) groups is 1. The second-order valence-electron chi connectivity index (χ2n) is 7.17. The predicted octanol–water partition coefficient (Wildman–Crippen LogP) is 2.79.